The van der Waals surface area contributed by atoms with Crippen molar-refractivity contribution in [1.29, 1.82) is 0 Å². The van der Waals surface area contributed by atoms with Crippen LogP contribution in [0.3, 0.4) is 0 Å². The molecular formula is C9H20N2O4. The highest BCUT2D eigenvalue weighted by Gasteiger charge is 2.17. The van der Waals surface area contributed by atoms with E-state index in [2.05, 4.69) is 5.32 Å². The van der Waals surface area contributed by atoms with Gasteiger partial charge in [-0.05, 0) is 13.3 Å². The first-order valence-corrected chi connectivity index (χ1v) is 4.87. The molecule has 0 fully saturated rings. The number of aliphatic hydroxyl groups is 3. The van der Waals surface area contributed by atoms with Gasteiger partial charge < -0.3 is 31.1 Å². The van der Waals surface area contributed by atoms with Crippen molar-refractivity contribution in [3.8, 4) is 0 Å². The third-order valence-electron chi connectivity index (χ3n) is 1.59. The Labute approximate surface area is 89.4 Å². The molecule has 0 saturated heterocycles. The lowest BCUT2D eigenvalue weighted by atomic mass is 10.3. The predicted molar refractivity (Wildman–Crippen MR) is 55.1 cm³/mol. The van der Waals surface area contributed by atoms with Crippen molar-refractivity contribution in [2.75, 3.05) is 0 Å². The second-order valence-electron chi connectivity index (χ2n) is 3.21. The van der Waals surface area contributed by atoms with Crippen molar-refractivity contribution in [2.45, 2.75) is 45.5 Å². The standard InChI is InChI=1S/C9H20N2O4/c1-3-4-7(10)5-11-8(9(13)14)15-6(2)12/h5-6,8-9,11-14H,3-4,10H2,1-2H3/b7-5-. The van der Waals surface area contributed by atoms with Crippen LogP contribution in [0, 0.1) is 0 Å². The Balaban J connectivity index is 4.11. The van der Waals surface area contributed by atoms with E-state index in [9.17, 15) is 0 Å². The number of allylic oxidation sites excluding steroid dienone is 1. The summed E-state index contributed by atoms with van der Waals surface area (Å²) in [5.41, 5.74) is 6.16. The van der Waals surface area contributed by atoms with Crippen LogP contribution >= 0.6 is 0 Å². The summed E-state index contributed by atoms with van der Waals surface area (Å²) < 4.78 is 4.78. The van der Waals surface area contributed by atoms with E-state index in [1.54, 1.807) is 0 Å². The number of nitrogens with two attached hydrogens (primary N) is 1. The monoisotopic (exact) mass is 220 g/mol. The molecule has 0 rings (SSSR count). The number of hydrogen-bond donors (Lipinski definition) is 5. The highest BCUT2D eigenvalue weighted by Crippen LogP contribution is 2.00. The maximum Gasteiger partial charge on any atom is 0.197 e. The van der Waals surface area contributed by atoms with Crippen molar-refractivity contribution in [3.05, 3.63) is 11.9 Å². The zero-order chi connectivity index (χ0) is 11.8. The molecule has 0 aliphatic heterocycles. The summed E-state index contributed by atoms with van der Waals surface area (Å²) in [4.78, 5) is 0. The Morgan fingerprint density at radius 1 is 1.47 bits per heavy atom. The summed E-state index contributed by atoms with van der Waals surface area (Å²) in [6, 6.07) is 0. The van der Waals surface area contributed by atoms with Gasteiger partial charge >= 0.3 is 0 Å². The fraction of sp³-hybridized carbons (Fsp3) is 0.778. The Morgan fingerprint density at radius 3 is 2.47 bits per heavy atom. The minimum atomic E-state index is -1.73. The van der Waals surface area contributed by atoms with Crippen molar-refractivity contribution in [1.82, 2.24) is 5.32 Å². The van der Waals surface area contributed by atoms with Gasteiger partial charge in [0.25, 0.3) is 0 Å². The van der Waals surface area contributed by atoms with Crippen LogP contribution in [-0.2, 0) is 4.74 Å². The fourth-order valence-electron chi connectivity index (χ4n) is 0.958. The maximum atomic E-state index is 8.90. The zero-order valence-electron chi connectivity index (χ0n) is 9.05. The van der Waals surface area contributed by atoms with E-state index >= 15 is 0 Å². The van der Waals surface area contributed by atoms with Gasteiger partial charge in [0, 0.05) is 11.9 Å². The average molecular weight is 220 g/mol. The molecule has 0 heterocycles. The Hall–Kier alpha value is -0.820. The predicted octanol–water partition coefficient (Wildman–Crippen LogP) is -0.832. The lowest BCUT2D eigenvalue weighted by Crippen LogP contribution is -2.41. The van der Waals surface area contributed by atoms with Crippen molar-refractivity contribution in [3.63, 3.8) is 0 Å². The minimum absolute atomic E-state index is 0.581. The molecule has 6 nitrogen and oxygen atoms in total. The molecule has 90 valence electrons. The number of rotatable bonds is 7. The highest BCUT2D eigenvalue weighted by molar-refractivity contribution is 4.94. The minimum Gasteiger partial charge on any atom is -0.401 e. The van der Waals surface area contributed by atoms with Gasteiger partial charge in [0.05, 0.1) is 0 Å². The van der Waals surface area contributed by atoms with E-state index < -0.39 is 18.8 Å². The topological polar surface area (TPSA) is 108 Å². The lowest BCUT2D eigenvalue weighted by Gasteiger charge is -2.21. The van der Waals surface area contributed by atoms with Gasteiger partial charge in [0.15, 0.2) is 18.8 Å². The Kier molecular flexibility index (Phi) is 7.06. The smallest absolute Gasteiger partial charge is 0.197 e. The van der Waals surface area contributed by atoms with E-state index in [4.69, 9.17) is 25.8 Å². The molecule has 2 unspecified atom stereocenters. The van der Waals surface area contributed by atoms with E-state index in [1.165, 1.54) is 13.1 Å². The molecule has 6 N–H and O–H groups in total. The largest absolute Gasteiger partial charge is 0.401 e. The van der Waals surface area contributed by atoms with Crippen molar-refractivity contribution >= 4 is 0 Å². The van der Waals surface area contributed by atoms with Gasteiger partial charge in [-0.25, -0.2) is 0 Å². The summed E-state index contributed by atoms with van der Waals surface area (Å²) >= 11 is 0. The summed E-state index contributed by atoms with van der Waals surface area (Å²) in [5.74, 6) is 0. The summed E-state index contributed by atoms with van der Waals surface area (Å²) in [5, 5.41) is 29.3. The van der Waals surface area contributed by atoms with Crippen molar-refractivity contribution in [2.24, 2.45) is 5.73 Å². The number of hydrogen-bond acceptors (Lipinski definition) is 6. The summed E-state index contributed by atoms with van der Waals surface area (Å²) in [6.45, 7) is 3.35. The molecule has 15 heavy (non-hydrogen) atoms. The Bertz CT molecular complexity index is 195. The van der Waals surface area contributed by atoms with Crippen molar-refractivity contribution < 1.29 is 20.1 Å². The quantitative estimate of drug-likeness (QED) is 0.358. The van der Waals surface area contributed by atoms with Crippen LogP contribution in [0.15, 0.2) is 11.9 Å². The highest BCUT2D eigenvalue weighted by atomic mass is 16.6. The second-order valence-corrected chi connectivity index (χ2v) is 3.21. The zero-order valence-corrected chi connectivity index (χ0v) is 9.05. The summed E-state index contributed by atoms with van der Waals surface area (Å²) in [7, 11) is 0. The third-order valence-corrected chi connectivity index (χ3v) is 1.59. The SMILES string of the molecule is CCC/C(N)=C/NC(OC(C)O)C(O)O. The molecular weight excluding hydrogens is 200 g/mol. The molecule has 0 aromatic heterocycles. The van der Waals surface area contributed by atoms with Crippen LogP contribution in [0.25, 0.3) is 0 Å². The first-order chi connectivity index (χ1) is 6.97. The Morgan fingerprint density at radius 2 is 2.07 bits per heavy atom. The van der Waals surface area contributed by atoms with Gasteiger partial charge in [-0.15, -0.1) is 0 Å². The summed E-state index contributed by atoms with van der Waals surface area (Å²) in [6.07, 6.45) is -0.879. The first kappa shape index (κ1) is 14.2. The molecule has 0 amide bonds. The molecule has 2 atom stereocenters. The third kappa shape index (κ3) is 7.15. The fourth-order valence-corrected chi connectivity index (χ4v) is 0.958. The van der Waals surface area contributed by atoms with E-state index in [0.29, 0.717) is 12.1 Å². The van der Waals surface area contributed by atoms with Crippen LogP contribution in [0.1, 0.15) is 26.7 Å². The lowest BCUT2D eigenvalue weighted by molar-refractivity contribution is -0.211. The molecule has 0 radical (unpaired) electrons. The van der Waals surface area contributed by atoms with Gasteiger partial charge in [-0.3, -0.25) is 0 Å². The molecule has 0 bridgehead atoms. The molecule has 0 saturated carbocycles. The number of ether oxygens (including phenoxy) is 1. The number of nitrogens with one attached hydrogen (secondary N) is 1. The molecule has 6 heteroatoms. The maximum absolute atomic E-state index is 8.90. The van der Waals surface area contributed by atoms with Crippen LogP contribution in [0.5, 0.6) is 0 Å². The molecule has 0 aromatic rings. The van der Waals surface area contributed by atoms with Crippen LogP contribution in [0.2, 0.25) is 0 Å². The van der Waals surface area contributed by atoms with Gasteiger partial charge in [0.1, 0.15) is 0 Å². The van der Waals surface area contributed by atoms with Gasteiger partial charge in [0.2, 0.25) is 0 Å². The van der Waals surface area contributed by atoms with Crippen LogP contribution in [0.4, 0.5) is 0 Å². The molecule has 0 aliphatic rings. The van der Waals surface area contributed by atoms with Crippen LogP contribution < -0.4 is 11.1 Å². The van der Waals surface area contributed by atoms with Crippen LogP contribution in [-0.4, -0.2) is 34.1 Å². The first-order valence-electron chi connectivity index (χ1n) is 4.87. The molecule has 0 aromatic carbocycles. The second kappa shape index (κ2) is 7.47. The normalized spacial score (nSPS) is 16.5. The van der Waals surface area contributed by atoms with E-state index in [0.717, 1.165) is 6.42 Å². The molecule has 0 aliphatic carbocycles. The van der Waals surface area contributed by atoms with Gasteiger partial charge in [-0.2, -0.15) is 0 Å². The van der Waals surface area contributed by atoms with Gasteiger partial charge in [-0.1, -0.05) is 13.3 Å². The van der Waals surface area contributed by atoms with E-state index in [-0.39, 0.29) is 0 Å². The molecule has 0 spiro atoms. The van der Waals surface area contributed by atoms with E-state index in [1.807, 2.05) is 6.92 Å². The average Bonchev–Trinajstić information content (AvgIpc) is 2.11. The number of aliphatic hydroxyl groups excluding tert-OH is 2.